The van der Waals surface area contributed by atoms with Crippen molar-refractivity contribution < 1.29 is 14.3 Å². The number of hydrogen-bond acceptors (Lipinski definition) is 5. The van der Waals surface area contributed by atoms with Crippen LogP contribution in [0.2, 0.25) is 0 Å². The molecule has 0 saturated heterocycles. The summed E-state index contributed by atoms with van der Waals surface area (Å²) in [6.07, 6.45) is 2.19. The van der Waals surface area contributed by atoms with Gasteiger partial charge in [0.2, 0.25) is 0 Å². The zero-order chi connectivity index (χ0) is 22.5. The lowest BCUT2D eigenvalue weighted by molar-refractivity contribution is -0.136. The van der Waals surface area contributed by atoms with Crippen LogP contribution in [-0.4, -0.2) is 58.1 Å². The highest BCUT2D eigenvalue weighted by Gasteiger charge is 2.22. The molecule has 0 aromatic heterocycles. The third-order valence-corrected chi connectivity index (χ3v) is 5.73. The van der Waals surface area contributed by atoms with Gasteiger partial charge in [0.1, 0.15) is 5.75 Å². The van der Waals surface area contributed by atoms with Crippen LogP contribution in [0, 0.1) is 6.92 Å². The number of fused-ring (bicyclic) bond motifs is 1. The largest absolute Gasteiger partial charge is 0.495 e. The van der Waals surface area contributed by atoms with Crippen molar-refractivity contribution in [1.82, 2.24) is 10.2 Å². The lowest BCUT2D eigenvalue weighted by Crippen LogP contribution is -2.40. The van der Waals surface area contributed by atoms with E-state index in [1.807, 2.05) is 27.1 Å². The van der Waals surface area contributed by atoms with Gasteiger partial charge in [-0.2, -0.15) is 0 Å². The Balaban J connectivity index is 1.67. The maximum atomic E-state index is 12.5. The first-order valence-corrected chi connectivity index (χ1v) is 10.5. The predicted molar refractivity (Wildman–Crippen MR) is 124 cm³/mol. The van der Waals surface area contributed by atoms with Crippen molar-refractivity contribution in [3.63, 3.8) is 0 Å². The van der Waals surface area contributed by atoms with Gasteiger partial charge in [0, 0.05) is 25.8 Å². The van der Waals surface area contributed by atoms with Crippen molar-refractivity contribution in [3.05, 3.63) is 53.1 Å². The molecule has 7 heteroatoms. The number of amides is 2. The molecule has 166 valence electrons. The Morgan fingerprint density at radius 1 is 1.16 bits per heavy atom. The van der Waals surface area contributed by atoms with Crippen molar-refractivity contribution in [2.24, 2.45) is 0 Å². The molecule has 0 aliphatic carbocycles. The van der Waals surface area contributed by atoms with Gasteiger partial charge >= 0.3 is 11.8 Å². The van der Waals surface area contributed by atoms with Crippen LogP contribution >= 0.6 is 0 Å². The van der Waals surface area contributed by atoms with E-state index in [9.17, 15) is 9.59 Å². The molecule has 2 N–H and O–H groups in total. The van der Waals surface area contributed by atoms with E-state index in [4.69, 9.17) is 4.74 Å². The molecule has 0 bridgehead atoms. The summed E-state index contributed by atoms with van der Waals surface area (Å²) >= 11 is 0. The number of carbonyl (C=O) groups excluding carboxylic acids is 2. The molecule has 2 aromatic carbocycles. The first-order valence-electron chi connectivity index (χ1n) is 10.5. The van der Waals surface area contributed by atoms with Gasteiger partial charge in [-0.15, -0.1) is 0 Å². The van der Waals surface area contributed by atoms with Crippen LogP contribution < -0.4 is 20.3 Å². The van der Waals surface area contributed by atoms with Crippen LogP contribution in [0.15, 0.2) is 36.4 Å². The third-order valence-electron chi connectivity index (χ3n) is 5.73. The van der Waals surface area contributed by atoms with E-state index < -0.39 is 11.8 Å². The summed E-state index contributed by atoms with van der Waals surface area (Å²) in [4.78, 5) is 29.2. The van der Waals surface area contributed by atoms with Gasteiger partial charge in [0.05, 0.1) is 18.8 Å². The molecule has 0 fully saturated rings. The van der Waals surface area contributed by atoms with E-state index in [1.54, 1.807) is 12.1 Å². The third kappa shape index (κ3) is 5.35. The number of rotatable bonds is 6. The highest BCUT2D eigenvalue weighted by Crippen LogP contribution is 2.30. The summed E-state index contributed by atoms with van der Waals surface area (Å²) in [7, 11) is 7.59. The number of aryl methyl sites for hydroxylation is 2. The minimum Gasteiger partial charge on any atom is -0.495 e. The van der Waals surface area contributed by atoms with Crippen molar-refractivity contribution in [2.45, 2.75) is 25.8 Å². The number of likely N-dealkylation sites (N-methyl/N-ethyl adjacent to an activating group) is 1. The topological polar surface area (TPSA) is 73.9 Å². The van der Waals surface area contributed by atoms with Gasteiger partial charge in [-0.1, -0.05) is 18.2 Å². The fourth-order valence-electron chi connectivity index (χ4n) is 3.98. The number of benzene rings is 2. The highest BCUT2D eigenvalue weighted by atomic mass is 16.5. The average Bonchev–Trinajstić information content (AvgIpc) is 2.73. The summed E-state index contributed by atoms with van der Waals surface area (Å²) in [5.74, 6) is -0.876. The Morgan fingerprint density at radius 2 is 1.94 bits per heavy atom. The summed E-state index contributed by atoms with van der Waals surface area (Å²) in [5.41, 5.74) is 5.16. The van der Waals surface area contributed by atoms with Gasteiger partial charge in [-0.05, 0) is 68.8 Å². The normalized spacial score (nSPS) is 14.1. The molecule has 31 heavy (non-hydrogen) atoms. The number of nitrogens with one attached hydrogen (secondary N) is 2. The SMILES string of the molecule is COc1ccc(C)cc1NC(=O)C(=O)NC[C@@H](c1ccc2c(c1)CCCN2C)N(C)C. The van der Waals surface area contributed by atoms with Crippen molar-refractivity contribution in [2.75, 3.05) is 51.6 Å². The van der Waals surface area contributed by atoms with Crippen LogP contribution in [0.1, 0.15) is 29.2 Å². The van der Waals surface area contributed by atoms with Crippen molar-refractivity contribution in [3.8, 4) is 5.75 Å². The second-order valence-corrected chi connectivity index (χ2v) is 8.26. The first kappa shape index (κ1) is 22.6. The van der Waals surface area contributed by atoms with Gasteiger partial charge in [0.15, 0.2) is 0 Å². The molecule has 1 heterocycles. The Hall–Kier alpha value is -3.06. The molecule has 0 unspecified atom stereocenters. The Labute approximate surface area is 184 Å². The molecular weight excluding hydrogens is 392 g/mol. The molecule has 2 aromatic rings. The molecular formula is C24H32N4O3. The van der Waals surface area contributed by atoms with Gasteiger partial charge < -0.3 is 25.2 Å². The average molecular weight is 425 g/mol. The summed E-state index contributed by atoms with van der Waals surface area (Å²) in [6.45, 7) is 3.31. The molecule has 2 amide bonds. The number of ether oxygens (including phenoxy) is 1. The molecule has 1 aliphatic rings. The number of carbonyl (C=O) groups is 2. The second-order valence-electron chi connectivity index (χ2n) is 8.26. The summed E-state index contributed by atoms with van der Waals surface area (Å²) in [5, 5.41) is 5.43. The summed E-state index contributed by atoms with van der Waals surface area (Å²) < 4.78 is 5.26. The molecule has 1 atom stereocenters. The Bertz CT molecular complexity index is 958. The molecule has 0 saturated carbocycles. The second kappa shape index (κ2) is 9.83. The monoisotopic (exact) mass is 424 g/mol. The fraction of sp³-hybridized carbons (Fsp3) is 0.417. The first-order chi connectivity index (χ1) is 14.8. The highest BCUT2D eigenvalue weighted by molar-refractivity contribution is 6.39. The van der Waals surface area contributed by atoms with E-state index in [2.05, 4.69) is 45.7 Å². The van der Waals surface area contributed by atoms with Crippen LogP contribution in [0.3, 0.4) is 0 Å². The van der Waals surface area contributed by atoms with E-state index in [0.29, 0.717) is 18.0 Å². The minimum atomic E-state index is -0.714. The number of hydrogen-bond donors (Lipinski definition) is 2. The number of nitrogens with zero attached hydrogens (tertiary/aromatic N) is 2. The van der Waals surface area contributed by atoms with Gasteiger partial charge in [-0.3, -0.25) is 9.59 Å². The Morgan fingerprint density at radius 3 is 2.65 bits per heavy atom. The van der Waals surface area contributed by atoms with Crippen molar-refractivity contribution in [1.29, 1.82) is 0 Å². The summed E-state index contributed by atoms with van der Waals surface area (Å²) in [6, 6.07) is 11.9. The molecule has 0 radical (unpaired) electrons. The maximum absolute atomic E-state index is 12.5. The van der Waals surface area contributed by atoms with E-state index in [1.165, 1.54) is 18.4 Å². The molecule has 1 aliphatic heterocycles. The lowest BCUT2D eigenvalue weighted by atomic mass is 9.96. The zero-order valence-corrected chi connectivity index (χ0v) is 19.0. The minimum absolute atomic E-state index is 0.0391. The standard InChI is InChI=1S/C24H32N4O3/c1-16-8-11-22(31-5)19(13-16)26-24(30)23(29)25-15-21(27(2)3)18-9-10-20-17(14-18)7-6-12-28(20)4/h8-11,13-14,21H,6-7,12,15H2,1-5H3,(H,25,29)(H,26,30)/t21-/m0/s1. The number of anilines is 2. The molecule has 3 rings (SSSR count). The lowest BCUT2D eigenvalue weighted by Gasteiger charge is -2.30. The fourth-order valence-corrected chi connectivity index (χ4v) is 3.98. The van der Waals surface area contributed by atoms with Crippen LogP contribution in [0.4, 0.5) is 11.4 Å². The quantitative estimate of drug-likeness (QED) is 0.698. The van der Waals surface area contributed by atoms with E-state index in [0.717, 1.165) is 30.5 Å². The predicted octanol–water partition coefficient (Wildman–Crippen LogP) is 2.74. The van der Waals surface area contributed by atoms with Crippen molar-refractivity contribution >= 4 is 23.2 Å². The van der Waals surface area contributed by atoms with Gasteiger partial charge in [-0.25, -0.2) is 0 Å². The van der Waals surface area contributed by atoms with E-state index >= 15 is 0 Å². The smallest absolute Gasteiger partial charge is 0.313 e. The van der Waals surface area contributed by atoms with Crippen LogP contribution in [-0.2, 0) is 16.0 Å². The Kier molecular flexibility index (Phi) is 7.17. The maximum Gasteiger partial charge on any atom is 0.313 e. The number of methoxy groups -OCH3 is 1. The molecule has 0 spiro atoms. The van der Waals surface area contributed by atoms with Crippen LogP contribution in [0.25, 0.3) is 0 Å². The molecule has 7 nitrogen and oxygen atoms in total. The van der Waals surface area contributed by atoms with E-state index in [-0.39, 0.29) is 6.04 Å². The van der Waals surface area contributed by atoms with Crippen LogP contribution in [0.5, 0.6) is 5.75 Å². The van der Waals surface area contributed by atoms with Gasteiger partial charge in [0.25, 0.3) is 0 Å². The zero-order valence-electron chi connectivity index (χ0n) is 19.0.